The van der Waals surface area contributed by atoms with E-state index >= 15 is 0 Å². The van der Waals surface area contributed by atoms with E-state index in [1.54, 1.807) is 75.0 Å². The van der Waals surface area contributed by atoms with Crippen LogP contribution in [0.4, 0.5) is 16.2 Å². The van der Waals surface area contributed by atoms with Crippen LogP contribution in [0.25, 0.3) is 10.9 Å². The first-order chi connectivity index (χ1) is 15.6. The second-order valence-electron chi connectivity index (χ2n) is 6.76. The number of phenols is 1. The Morgan fingerprint density at radius 2 is 1.59 bits per heavy atom. The number of aromatic nitrogens is 1. The second-order valence-corrected chi connectivity index (χ2v) is 6.76. The number of ether oxygens (including phenoxy) is 3. The zero-order valence-corrected chi connectivity index (χ0v) is 17.5. The predicted molar refractivity (Wildman–Crippen MR) is 122 cm³/mol. The minimum atomic E-state index is -0.471. The number of fused-ring (bicyclic) bond motifs is 1. The van der Waals surface area contributed by atoms with Crippen LogP contribution in [-0.4, -0.2) is 30.3 Å². The summed E-state index contributed by atoms with van der Waals surface area (Å²) in [6, 6.07) is 18.3. The average molecular weight is 431 g/mol. The molecule has 0 aliphatic heterocycles. The Morgan fingerprint density at radius 3 is 2.31 bits per heavy atom. The molecule has 1 aromatic heterocycles. The first-order valence-electron chi connectivity index (χ1n) is 9.72. The molecule has 8 nitrogen and oxygen atoms in total. The van der Waals surface area contributed by atoms with Crippen molar-refractivity contribution in [2.45, 2.75) is 0 Å². The van der Waals surface area contributed by atoms with E-state index in [1.807, 2.05) is 6.07 Å². The van der Waals surface area contributed by atoms with Crippen molar-refractivity contribution in [1.82, 2.24) is 4.98 Å². The summed E-state index contributed by atoms with van der Waals surface area (Å²) < 4.78 is 16.8. The summed E-state index contributed by atoms with van der Waals surface area (Å²) in [5, 5.41) is 15.8. The lowest BCUT2D eigenvalue weighted by Gasteiger charge is -2.13. The normalized spacial score (nSPS) is 10.4. The smallest absolute Gasteiger partial charge is 0.323 e. The lowest BCUT2D eigenvalue weighted by atomic mass is 10.2. The van der Waals surface area contributed by atoms with Crippen molar-refractivity contribution in [1.29, 1.82) is 0 Å². The first kappa shape index (κ1) is 20.8. The number of pyridine rings is 1. The molecule has 4 aromatic rings. The predicted octanol–water partition coefficient (Wildman–Crippen LogP) is 5.39. The zero-order chi connectivity index (χ0) is 22.5. The molecule has 0 aliphatic carbocycles. The second kappa shape index (κ2) is 9.13. The molecule has 3 aromatic carbocycles. The molecule has 2 amide bonds. The van der Waals surface area contributed by atoms with Crippen LogP contribution >= 0.6 is 0 Å². The molecule has 4 rings (SSSR count). The van der Waals surface area contributed by atoms with E-state index in [9.17, 15) is 9.90 Å². The van der Waals surface area contributed by atoms with Gasteiger partial charge < -0.3 is 30.0 Å². The molecule has 3 N–H and O–H groups in total. The number of hydrogen-bond donors (Lipinski definition) is 3. The molecular formula is C24H21N3O5. The molecule has 0 radical (unpaired) electrons. The third-order valence-electron chi connectivity index (χ3n) is 4.70. The summed E-state index contributed by atoms with van der Waals surface area (Å²) in [7, 11) is 3.14. The van der Waals surface area contributed by atoms with Gasteiger partial charge in [-0.3, -0.25) is 4.98 Å². The van der Waals surface area contributed by atoms with Gasteiger partial charge in [0.1, 0.15) is 17.2 Å². The molecule has 0 unspecified atom stereocenters. The number of nitrogens with zero attached hydrogens (tertiary/aromatic N) is 1. The van der Waals surface area contributed by atoms with Crippen LogP contribution in [0.5, 0.6) is 28.7 Å². The van der Waals surface area contributed by atoms with Crippen LogP contribution in [0.15, 0.2) is 72.9 Å². The van der Waals surface area contributed by atoms with Gasteiger partial charge in [0, 0.05) is 23.3 Å². The molecule has 162 valence electrons. The van der Waals surface area contributed by atoms with Gasteiger partial charge in [0.25, 0.3) is 0 Å². The largest absolute Gasteiger partial charge is 0.506 e. The fourth-order valence-corrected chi connectivity index (χ4v) is 3.13. The summed E-state index contributed by atoms with van der Waals surface area (Å²) in [4.78, 5) is 16.5. The maximum Gasteiger partial charge on any atom is 0.323 e. The third kappa shape index (κ3) is 4.49. The fourth-order valence-electron chi connectivity index (χ4n) is 3.13. The summed E-state index contributed by atoms with van der Waals surface area (Å²) >= 11 is 0. The highest BCUT2D eigenvalue weighted by Crippen LogP contribution is 2.37. The maximum atomic E-state index is 12.2. The quantitative estimate of drug-likeness (QED) is 0.354. The van der Waals surface area contributed by atoms with Crippen molar-refractivity contribution < 1.29 is 24.1 Å². The van der Waals surface area contributed by atoms with Gasteiger partial charge in [-0.15, -0.1) is 0 Å². The first-order valence-corrected chi connectivity index (χ1v) is 9.72. The SMILES string of the molecule is COc1cc2nccc(Oc3ccc(NC(=O)Nc4ccccc4O)cc3)c2cc1OC. The number of carbonyl (C=O) groups excluding carboxylic acids is 1. The summed E-state index contributed by atoms with van der Waals surface area (Å²) in [6.07, 6.45) is 1.66. The summed E-state index contributed by atoms with van der Waals surface area (Å²) in [6.45, 7) is 0. The minimum absolute atomic E-state index is 0.00905. The van der Waals surface area contributed by atoms with Crippen LogP contribution in [0, 0.1) is 0 Å². The number of aromatic hydroxyl groups is 1. The van der Waals surface area contributed by atoms with Gasteiger partial charge >= 0.3 is 6.03 Å². The number of amides is 2. The van der Waals surface area contributed by atoms with E-state index in [1.165, 1.54) is 6.07 Å². The Balaban J connectivity index is 1.48. The molecular weight excluding hydrogens is 410 g/mol. The van der Waals surface area contributed by atoms with Crippen molar-refractivity contribution in [3.63, 3.8) is 0 Å². The molecule has 0 fully saturated rings. The van der Waals surface area contributed by atoms with Gasteiger partial charge in [-0.2, -0.15) is 0 Å². The van der Waals surface area contributed by atoms with Crippen LogP contribution in [0.3, 0.4) is 0 Å². The van der Waals surface area contributed by atoms with Gasteiger partial charge in [0.15, 0.2) is 11.5 Å². The molecule has 8 heteroatoms. The number of rotatable bonds is 6. The summed E-state index contributed by atoms with van der Waals surface area (Å²) in [5.41, 5.74) is 1.59. The lowest BCUT2D eigenvalue weighted by molar-refractivity contribution is 0.262. The van der Waals surface area contributed by atoms with E-state index in [-0.39, 0.29) is 5.75 Å². The standard InChI is InChI=1S/C24H21N3O5/c1-30-22-13-17-19(14-23(22)31-2)25-12-11-21(17)32-16-9-7-15(8-10-16)26-24(29)27-18-5-3-4-6-20(18)28/h3-14,28H,1-2H3,(H2,26,27,29). The van der Waals surface area contributed by atoms with Gasteiger partial charge in [-0.1, -0.05) is 12.1 Å². The van der Waals surface area contributed by atoms with E-state index in [2.05, 4.69) is 15.6 Å². The van der Waals surface area contributed by atoms with Crippen LogP contribution in [-0.2, 0) is 0 Å². The monoisotopic (exact) mass is 431 g/mol. The Bertz CT molecular complexity index is 1260. The Kier molecular flexibility index (Phi) is 5.94. The molecule has 0 aliphatic rings. The third-order valence-corrected chi connectivity index (χ3v) is 4.70. The zero-order valence-electron chi connectivity index (χ0n) is 17.5. The molecule has 0 saturated carbocycles. The number of para-hydroxylation sites is 2. The van der Waals surface area contributed by atoms with Crippen molar-refractivity contribution >= 4 is 28.3 Å². The molecule has 32 heavy (non-hydrogen) atoms. The van der Waals surface area contributed by atoms with Gasteiger partial charge in [-0.25, -0.2) is 4.79 Å². The number of carbonyl (C=O) groups is 1. The van der Waals surface area contributed by atoms with Crippen molar-refractivity contribution in [3.05, 3.63) is 72.9 Å². The number of urea groups is 1. The van der Waals surface area contributed by atoms with Crippen molar-refractivity contribution in [3.8, 4) is 28.7 Å². The molecule has 0 bridgehead atoms. The van der Waals surface area contributed by atoms with E-state index < -0.39 is 6.03 Å². The molecule has 0 saturated heterocycles. The van der Waals surface area contributed by atoms with Crippen LogP contribution < -0.4 is 24.8 Å². The van der Waals surface area contributed by atoms with E-state index in [0.717, 1.165) is 5.39 Å². The Morgan fingerprint density at radius 1 is 0.875 bits per heavy atom. The number of nitrogens with one attached hydrogen (secondary N) is 2. The highest BCUT2D eigenvalue weighted by molar-refractivity contribution is 6.00. The molecule has 1 heterocycles. The Hall–Kier alpha value is -4.46. The molecule has 0 atom stereocenters. The lowest BCUT2D eigenvalue weighted by Crippen LogP contribution is -2.19. The van der Waals surface area contributed by atoms with Crippen LogP contribution in [0.2, 0.25) is 0 Å². The van der Waals surface area contributed by atoms with E-state index in [4.69, 9.17) is 14.2 Å². The minimum Gasteiger partial charge on any atom is -0.506 e. The molecule has 0 spiro atoms. The number of hydrogen-bond acceptors (Lipinski definition) is 6. The van der Waals surface area contributed by atoms with Crippen LogP contribution in [0.1, 0.15) is 0 Å². The summed E-state index contributed by atoms with van der Waals surface area (Å²) in [5.74, 6) is 2.34. The maximum absolute atomic E-state index is 12.2. The number of anilines is 2. The highest BCUT2D eigenvalue weighted by Gasteiger charge is 2.12. The number of benzene rings is 3. The van der Waals surface area contributed by atoms with Gasteiger partial charge in [0.05, 0.1) is 25.4 Å². The van der Waals surface area contributed by atoms with Crippen molar-refractivity contribution in [2.24, 2.45) is 0 Å². The van der Waals surface area contributed by atoms with Gasteiger partial charge in [0.2, 0.25) is 0 Å². The van der Waals surface area contributed by atoms with Crippen molar-refractivity contribution in [2.75, 3.05) is 24.9 Å². The number of phenolic OH excluding ortho intramolecular Hbond substituents is 1. The van der Waals surface area contributed by atoms with Gasteiger partial charge in [-0.05, 0) is 48.5 Å². The number of methoxy groups -OCH3 is 2. The topological polar surface area (TPSA) is 102 Å². The average Bonchev–Trinajstić information content (AvgIpc) is 2.81. The fraction of sp³-hybridized carbons (Fsp3) is 0.0833. The highest BCUT2D eigenvalue weighted by atomic mass is 16.5. The Labute approximate surface area is 184 Å². The van der Waals surface area contributed by atoms with E-state index in [0.29, 0.717) is 39.9 Å².